The third kappa shape index (κ3) is 2.43. The first kappa shape index (κ1) is 9.51. The average Bonchev–Trinajstić information content (AvgIpc) is 2.11. The molecule has 70 valence electrons. The van der Waals surface area contributed by atoms with Gasteiger partial charge in [-0.15, -0.1) is 0 Å². The van der Waals surface area contributed by atoms with Crippen LogP contribution in [0.15, 0.2) is 23.4 Å². The normalized spacial score (nSPS) is 21.4. The molecule has 0 spiro atoms. The molecule has 0 aromatic carbocycles. The van der Waals surface area contributed by atoms with Crippen molar-refractivity contribution in [1.82, 2.24) is 5.32 Å². The highest BCUT2D eigenvalue weighted by atomic mass is 16.5. The minimum Gasteiger partial charge on any atom is -0.466 e. The fourth-order valence-electron chi connectivity index (χ4n) is 0.871. The number of carbonyl (C=O) groups excluding carboxylic acids is 1. The van der Waals surface area contributed by atoms with Gasteiger partial charge in [0.1, 0.15) is 5.70 Å². The molecule has 0 aromatic heterocycles. The second-order valence-corrected chi connectivity index (χ2v) is 2.76. The smallest absolute Gasteiger partial charge is 0.262 e. The predicted octanol–water partition coefficient (Wildman–Crippen LogP) is 0.960. The maximum absolute atomic E-state index is 10.9. The molecule has 0 aromatic rings. The van der Waals surface area contributed by atoms with Crippen LogP contribution >= 0.6 is 0 Å². The minimum atomic E-state index is -0.217. The molecule has 13 heavy (non-hydrogen) atoms. The van der Waals surface area contributed by atoms with Gasteiger partial charge in [0.2, 0.25) is 5.90 Å². The van der Waals surface area contributed by atoms with E-state index in [4.69, 9.17) is 10.1 Å². The van der Waals surface area contributed by atoms with Crippen LogP contribution in [-0.4, -0.2) is 18.4 Å². The third-order valence-electron chi connectivity index (χ3n) is 1.69. The molecule has 1 amide bonds. The number of hydrogen-bond acceptors (Lipinski definition) is 3. The van der Waals surface area contributed by atoms with E-state index in [1.54, 1.807) is 6.08 Å². The van der Waals surface area contributed by atoms with Crippen molar-refractivity contribution in [2.75, 3.05) is 6.61 Å². The van der Waals surface area contributed by atoms with Crippen molar-refractivity contribution in [3.63, 3.8) is 0 Å². The number of nitrogens with one attached hydrogen (secondary N) is 2. The Kier molecular flexibility index (Phi) is 2.84. The summed E-state index contributed by atoms with van der Waals surface area (Å²) < 4.78 is 4.82. The molecule has 1 rings (SSSR count). The largest absolute Gasteiger partial charge is 0.466 e. The zero-order valence-electron chi connectivity index (χ0n) is 7.68. The molecule has 1 aliphatic heterocycles. The Hall–Kier alpha value is -1.58. The maximum atomic E-state index is 10.9. The summed E-state index contributed by atoms with van der Waals surface area (Å²) in [6.07, 6.45) is 3.60. The van der Waals surface area contributed by atoms with Crippen LogP contribution in [0.1, 0.15) is 13.8 Å². The fraction of sp³-hybridized carbons (Fsp3) is 0.333. The van der Waals surface area contributed by atoms with Gasteiger partial charge in [-0.25, -0.2) is 0 Å². The van der Waals surface area contributed by atoms with E-state index >= 15 is 0 Å². The molecule has 1 aliphatic rings. The van der Waals surface area contributed by atoms with Crippen LogP contribution < -0.4 is 5.32 Å². The van der Waals surface area contributed by atoms with Crippen molar-refractivity contribution < 1.29 is 9.53 Å². The Morgan fingerprint density at radius 2 is 2.38 bits per heavy atom. The van der Waals surface area contributed by atoms with Crippen LogP contribution in [0.25, 0.3) is 0 Å². The van der Waals surface area contributed by atoms with E-state index < -0.39 is 0 Å². The Balaban J connectivity index is 2.82. The number of morpholine rings is 1. The van der Waals surface area contributed by atoms with Gasteiger partial charge in [0.25, 0.3) is 5.91 Å². The molecule has 0 aliphatic carbocycles. The second kappa shape index (κ2) is 3.89. The SMILES string of the molecule is C/C=C(C)\C=C1\NC(=O)COC1=N. The van der Waals surface area contributed by atoms with Crippen molar-refractivity contribution in [2.24, 2.45) is 0 Å². The van der Waals surface area contributed by atoms with E-state index in [1.807, 2.05) is 19.9 Å². The van der Waals surface area contributed by atoms with Gasteiger partial charge in [0.15, 0.2) is 6.61 Å². The Morgan fingerprint density at radius 1 is 1.69 bits per heavy atom. The molecule has 4 nitrogen and oxygen atoms in total. The molecule has 1 fully saturated rings. The van der Waals surface area contributed by atoms with Gasteiger partial charge in [0.05, 0.1) is 0 Å². The van der Waals surface area contributed by atoms with Crippen LogP contribution in [0.5, 0.6) is 0 Å². The van der Waals surface area contributed by atoms with E-state index in [9.17, 15) is 4.79 Å². The number of allylic oxidation sites excluding steroid dienone is 3. The zero-order valence-corrected chi connectivity index (χ0v) is 7.68. The summed E-state index contributed by atoms with van der Waals surface area (Å²) in [6.45, 7) is 3.72. The highest BCUT2D eigenvalue weighted by molar-refractivity contribution is 6.00. The number of hydrogen-bond donors (Lipinski definition) is 2. The van der Waals surface area contributed by atoms with E-state index in [-0.39, 0.29) is 18.4 Å². The highest BCUT2D eigenvalue weighted by Crippen LogP contribution is 2.05. The quantitative estimate of drug-likeness (QED) is 0.631. The van der Waals surface area contributed by atoms with E-state index in [0.29, 0.717) is 5.70 Å². The van der Waals surface area contributed by atoms with Crippen molar-refractivity contribution in [1.29, 1.82) is 5.41 Å². The number of amides is 1. The first-order chi connectivity index (χ1) is 6.13. The lowest BCUT2D eigenvalue weighted by molar-refractivity contribution is -0.123. The Labute approximate surface area is 76.8 Å². The number of carbonyl (C=O) groups is 1. The first-order valence-corrected chi connectivity index (χ1v) is 3.99. The summed E-state index contributed by atoms with van der Waals surface area (Å²) in [4.78, 5) is 10.9. The molecule has 0 unspecified atom stereocenters. The average molecular weight is 180 g/mol. The molecular formula is C9H12N2O2. The molecule has 4 heteroatoms. The standard InChI is InChI=1S/C9H12N2O2/c1-3-6(2)4-7-9(10)13-5-8(12)11-7/h3-4,10H,5H2,1-2H3,(H,11,12)/b6-3-,7-4+,10-9?. The van der Waals surface area contributed by atoms with Crippen molar-refractivity contribution >= 4 is 11.8 Å². The highest BCUT2D eigenvalue weighted by Gasteiger charge is 2.17. The minimum absolute atomic E-state index is 0.0146. The topological polar surface area (TPSA) is 62.2 Å². The van der Waals surface area contributed by atoms with Gasteiger partial charge in [-0.1, -0.05) is 11.6 Å². The van der Waals surface area contributed by atoms with Gasteiger partial charge in [0, 0.05) is 0 Å². The van der Waals surface area contributed by atoms with Crippen LogP contribution in [0, 0.1) is 5.41 Å². The monoisotopic (exact) mass is 180 g/mol. The van der Waals surface area contributed by atoms with Gasteiger partial charge < -0.3 is 10.1 Å². The lowest BCUT2D eigenvalue weighted by atomic mass is 10.2. The third-order valence-corrected chi connectivity index (χ3v) is 1.69. The van der Waals surface area contributed by atoms with Crippen LogP contribution in [0.3, 0.4) is 0 Å². The van der Waals surface area contributed by atoms with Crippen LogP contribution in [0.2, 0.25) is 0 Å². The molecule has 0 bridgehead atoms. The molecular weight excluding hydrogens is 168 g/mol. The number of ether oxygens (including phenoxy) is 1. The summed E-state index contributed by atoms with van der Waals surface area (Å²) in [5.74, 6) is -0.202. The molecule has 0 radical (unpaired) electrons. The Morgan fingerprint density at radius 3 is 3.00 bits per heavy atom. The summed E-state index contributed by atoms with van der Waals surface area (Å²) in [7, 11) is 0. The molecule has 1 saturated heterocycles. The van der Waals surface area contributed by atoms with E-state index in [0.717, 1.165) is 5.57 Å². The van der Waals surface area contributed by atoms with Gasteiger partial charge in [-0.2, -0.15) is 0 Å². The van der Waals surface area contributed by atoms with Gasteiger partial charge >= 0.3 is 0 Å². The lowest BCUT2D eigenvalue weighted by Crippen LogP contribution is -2.37. The van der Waals surface area contributed by atoms with E-state index in [2.05, 4.69) is 5.32 Å². The fourth-order valence-corrected chi connectivity index (χ4v) is 0.871. The molecule has 1 heterocycles. The second-order valence-electron chi connectivity index (χ2n) is 2.76. The first-order valence-electron chi connectivity index (χ1n) is 3.99. The molecule has 2 N–H and O–H groups in total. The molecule has 0 saturated carbocycles. The zero-order chi connectivity index (χ0) is 9.84. The van der Waals surface area contributed by atoms with E-state index in [1.165, 1.54) is 0 Å². The van der Waals surface area contributed by atoms with Crippen LogP contribution in [0.4, 0.5) is 0 Å². The molecule has 0 atom stereocenters. The summed E-state index contributed by atoms with van der Waals surface area (Å²) in [5, 5.41) is 9.94. The summed E-state index contributed by atoms with van der Waals surface area (Å²) in [6, 6.07) is 0. The lowest BCUT2D eigenvalue weighted by Gasteiger charge is -2.17. The maximum Gasteiger partial charge on any atom is 0.262 e. The number of rotatable bonds is 1. The van der Waals surface area contributed by atoms with Crippen molar-refractivity contribution in [3.05, 3.63) is 23.4 Å². The van der Waals surface area contributed by atoms with Gasteiger partial charge in [-0.05, 0) is 19.9 Å². The summed E-state index contributed by atoms with van der Waals surface area (Å²) >= 11 is 0. The van der Waals surface area contributed by atoms with Crippen LogP contribution in [-0.2, 0) is 9.53 Å². The predicted molar refractivity (Wildman–Crippen MR) is 49.3 cm³/mol. The van der Waals surface area contributed by atoms with Gasteiger partial charge in [-0.3, -0.25) is 10.2 Å². The van der Waals surface area contributed by atoms with Crippen molar-refractivity contribution in [2.45, 2.75) is 13.8 Å². The Bertz CT molecular complexity index is 303. The van der Waals surface area contributed by atoms with Crippen molar-refractivity contribution in [3.8, 4) is 0 Å². The summed E-state index contributed by atoms with van der Waals surface area (Å²) in [5.41, 5.74) is 1.40.